The lowest BCUT2D eigenvalue weighted by molar-refractivity contribution is 0.281. The summed E-state index contributed by atoms with van der Waals surface area (Å²) in [7, 11) is 0. The molecule has 0 saturated heterocycles. The Labute approximate surface area is 154 Å². The van der Waals surface area contributed by atoms with Crippen LogP contribution in [0.4, 0.5) is 0 Å². The Balaban J connectivity index is 1.90. The number of hydrogen-bond donors (Lipinski definition) is 1. The van der Waals surface area contributed by atoms with Crippen LogP contribution in [0.3, 0.4) is 0 Å². The van der Waals surface area contributed by atoms with Crippen molar-refractivity contribution in [2.75, 3.05) is 0 Å². The Morgan fingerprint density at radius 3 is 2.32 bits per heavy atom. The van der Waals surface area contributed by atoms with Crippen LogP contribution in [0, 0.1) is 0 Å². The van der Waals surface area contributed by atoms with Crippen molar-refractivity contribution in [2.45, 2.75) is 6.61 Å². The van der Waals surface area contributed by atoms with Crippen LogP contribution in [0.2, 0.25) is 10.0 Å². The zero-order valence-electron chi connectivity index (χ0n) is 13.0. The third-order valence-electron chi connectivity index (χ3n) is 4.16. The van der Waals surface area contributed by atoms with Crippen LogP contribution in [-0.2, 0) is 6.61 Å². The molecule has 0 spiro atoms. The van der Waals surface area contributed by atoms with E-state index >= 15 is 0 Å². The van der Waals surface area contributed by atoms with E-state index < -0.39 is 0 Å². The van der Waals surface area contributed by atoms with Crippen molar-refractivity contribution < 1.29 is 9.63 Å². The van der Waals surface area contributed by atoms with Gasteiger partial charge in [-0.3, -0.25) is 0 Å². The van der Waals surface area contributed by atoms with Gasteiger partial charge in [0, 0.05) is 5.56 Å². The van der Waals surface area contributed by atoms with Gasteiger partial charge in [-0.05, 0) is 29.0 Å². The molecule has 1 heterocycles. The molecule has 0 unspecified atom stereocenters. The average molecular weight is 370 g/mol. The van der Waals surface area contributed by atoms with E-state index in [2.05, 4.69) is 5.16 Å². The molecule has 0 aliphatic heterocycles. The molecule has 25 heavy (non-hydrogen) atoms. The minimum absolute atomic E-state index is 0.234. The second-order valence-electron chi connectivity index (χ2n) is 5.66. The molecule has 4 rings (SSSR count). The maximum absolute atomic E-state index is 9.92. The van der Waals surface area contributed by atoms with E-state index in [-0.39, 0.29) is 6.61 Å². The van der Waals surface area contributed by atoms with Crippen molar-refractivity contribution in [3.05, 3.63) is 76.3 Å². The molecule has 4 aromatic rings. The molecule has 5 heteroatoms. The molecule has 0 fully saturated rings. The van der Waals surface area contributed by atoms with E-state index in [0.717, 1.165) is 16.3 Å². The van der Waals surface area contributed by atoms with Crippen molar-refractivity contribution in [3.8, 4) is 22.6 Å². The Morgan fingerprint density at radius 1 is 0.880 bits per heavy atom. The largest absolute Gasteiger partial charge is 0.391 e. The number of hydrogen-bond acceptors (Lipinski definition) is 3. The van der Waals surface area contributed by atoms with Crippen LogP contribution in [0.1, 0.15) is 5.56 Å². The molecule has 124 valence electrons. The molecule has 0 saturated carbocycles. The fourth-order valence-corrected chi connectivity index (χ4v) is 3.50. The number of aliphatic hydroxyl groups excluding tert-OH is 1. The lowest BCUT2D eigenvalue weighted by atomic mass is 10.0. The van der Waals surface area contributed by atoms with E-state index in [1.807, 2.05) is 42.5 Å². The van der Waals surface area contributed by atoms with E-state index in [1.54, 1.807) is 18.2 Å². The quantitative estimate of drug-likeness (QED) is 0.484. The van der Waals surface area contributed by atoms with Gasteiger partial charge in [-0.2, -0.15) is 0 Å². The van der Waals surface area contributed by atoms with Crippen molar-refractivity contribution in [3.63, 3.8) is 0 Å². The second kappa shape index (κ2) is 6.52. The van der Waals surface area contributed by atoms with Crippen LogP contribution in [-0.4, -0.2) is 10.3 Å². The van der Waals surface area contributed by atoms with Crippen LogP contribution >= 0.6 is 23.2 Å². The summed E-state index contributed by atoms with van der Waals surface area (Å²) in [5.41, 5.74) is 2.54. The third kappa shape index (κ3) is 2.81. The van der Waals surface area contributed by atoms with Crippen LogP contribution < -0.4 is 0 Å². The fourth-order valence-electron chi connectivity index (χ4n) is 2.93. The Bertz CT molecular complexity index is 1050. The highest BCUT2D eigenvalue weighted by atomic mass is 35.5. The van der Waals surface area contributed by atoms with Gasteiger partial charge in [-0.25, -0.2) is 0 Å². The van der Waals surface area contributed by atoms with Crippen LogP contribution in [0.15, 0.2) is 65.2 Å². The predicted molar refractivity (Wildman–Crippen MR) is 101 cm³/mol. The van der Waals surface area contributed by atoms with Crippen molar-refractivity contribution in [1.29, 1.82) is 0 Å². The standard InChI is InChI=1S/C20H13Cl2NO2/c21-16-6-3-7-17(22)18(16)20-15(11-24)19(23-25-20)14-9-8-12-4-1-2-5-13(12)10-14/h1-10,24H,11H2. The van der Waals surface area contributed by atoms with Gasteiger partial charge in [-0.15, -0.1) is 0 Å². The zero-order chi connectivity index (χ0) is 17.4. The number of aliphatic hydroxyl groups is 1. The first-order valence-corrected chi connectivity index (χ1v) is 8.47. The first kappa shape index (κ1) is 16.2. The molecular weight excluding hydrogens is 357 g/mol. The Morgan fingerprint density at radius 2 is 1.60 bits per heavy atom. The minimum atomic E-state index is -0.234. The third-order valence-corrected chi connectivity index (χ3v) is 4.79. The number of halogens is 2. The molecule has 0 aliphatic carbocycles. The lowest BCUT2D eigenvalue weighted by Crippen LogP contribution is -1.90. The maximum atomic E-state index is 9.92. The van der Waals surface area contributed by atoms with E-state index in [4.69, 9.17) is 27.7 Å². The minimum Gasteiger partial charge on any atom is -0.391 e. The molecule has 0 aliphatic rings. The second-order valence-corrected chi connectivity index (χ2v) is 6.47. The molecule has 0 amide bonds. The SMILES string of the molecule is OCc1c(-c2ccc3ccccc3c2)noc1-c1c(Cl)cccc1Cl. The summed E-state index contributed by atoms with van der Waals surface area (Å²) in [6.45, 7) is -0.234. The summed E-state index contributed by atoms with van der Waals surface area (Å²) in [6.07, 6.45) is 0. The topological polar surface area (TPSA) is 46.3 Å². The molecule has 0 atom stereocenters. The number of fused-ring (bicyclic) bond motifs is 1. The molecule has 1 N–H and O–H groups in total. The first-order valence-electron chi connectivity index (χ1n) is 7.72. The van der Waals surface area contributed by atoms with Gasteiger partial charge in [0.1, 0.15) is 5.69 Å². The van der Waals surface area contributed by atoms with E-state index in [1.165, 1.54) is 0 Å². The maximum Gasteiger partial charge on any atom is 0.176 e. The van der Waals surface area contributed by atoms with Gasteiger partial charge < -0.3 is 9.63 Å². The number of aromatic nitrogens is 1. The Hall–Kier alpha value is -2.33. The summed E-state index contributed by atoms with van der Waals surface area (Å²) < 4.78 is 5.52. The highest BCUT2D eigenvalue weighted by Gasteiger charge is 2.22. The summed E-state index contributed by atoms with van der Waals surface area (Å²) in [5.74, 6) is 0.390. The number of rotatable bonds is 3. The van der Waals surface area contributed by atoms with Gasteiger partial charge in [-0.1, -0.05) is 70.8 Å². The fraction of sp³-hybridized carbons (Fsp3) is 0.0500. The van der Waals surface area contributed by atoms with Crippen molar-refractivity contribution in [2.24, 2.45) is 0 Å². The Kier molecular flexibility index (Phi) is 4.22. The molecule has 0 bridgehead atoms. The average Bonchev–Trinajstić information content (AvgIpc) is 3.05. The van der Waals surface area contributed by atoms with Gasteiger partial charge >= 0.3 is 0 Å². The molecule has 3 nitrogen and oxygen atoms in total. The highest BCUT2D eigenvalue weighted by molar-refractivity contribution is 6.39. The first-order chi connectivity index (χ1) is 12.2. The summed E-state index contributed by atoms with van der Waals surface area (Å²) in [4.78, 5) is 0. The van der Waals surface area contributed by atoms with E-state index in [9.17, 15) is 5.11 Å². The van der Waals surface area contributed by atoms with Gasteiger partial charge in [0.05, 0.1) is 27.8 Å². The molecule has 1 aromatic heterocycles. The van der Waals surface area contributed by atoms with Gasteiger partial charge in [0.2, 0.25) is 0 Å². The predicted octanol–water partition coefficient (Wildman–Crippen LogP) is 5.96. The monoisotopic (exact) mass is 369 g/mol. The van der Waals surface area contributed by atoms with Crippen LogP contribution in [0.25, 0.3) is 33.4 Å². The van der Waals surface area contributed by atoms with Gasteiger partial charge in [0.15, 0.2) is 5.76 Å². The van der Waals surface area contributed by atoms with Crippen LogP contribution in [0.5, 0.6) is 0 Å². The number of nitrogens with zero attached hydrogens (tertiary/aromatic N) is 1. The highest BCUT2D eigenvalue weighted by Crippen LogP contribution is 2.40. The summed E-state index contributed by atoms with van der Waals surface area (Å²) >= 11 is 12.5. The lowest BCUT2D eigenvalue weighted by Gasteiger charge is -2.06. The normalized spacial score (nSPS) is 11.2. The molecular formula is C20H13Cl2NO2. The molecule has 0 radical (unpaired) electrons. The zero-order valence-corrected chi connectivity index (χ0v) is 14.6. The van der Waals surface area contributed by atoms with Gasteiger partial charge in [0.25, 0.3) is 0 Å². The summed E-state index contributed by atoms with van der Waals surface area (Å²) in [6, 6.07) is 19.3. The molecule has 3 aromatic carbocycles. The van der Waals surface area contributed by atoms with Crippen molar-refractivity contribution in [1.82, 2.24) is 5.16 Å². The number of benzene rings is 3. The smallest absolute Gasteiger partial charge is 0.176 e. The summed E-state index contributed by atoms with van der Waals surface area (Å²) in [5, 5.41) is 17.2. The van der Waals surface area contributed by atoms with E-state index in [0.29, 0.717) is 32.6 Å². The van der Waals surface area contributed by atoms with Crippen molar-refractivity contribution >= 4 is 34.0 Å².